The maximum absolute atomic E-state index is 6.02. The van der Waals surface area contributed by atoms with Gasteiger partial charge in [-0.15, -0.1) is 0 Å². The van der Waals surface area contributed by atoms with Gasteiger partial charge in [-0.25, -0.2) is 0 Å². The molecular weight excluding hydrogens is 252 g/mol. The average molecular weight is 278 g/mol. The third-order valence-corrected chi connectivity index (χ3v) is 3.78. The van der Waals surface area contributed by atoms with Crippen molar-refractivity contribution in [1.29, 1.82) is 0 Å². The Labute approximate surface area is 121 Å². The van der Waals surface area contributed by atoms with Gasteiger partial charge in [0.1, 0.15) is 5.75 Å². The first-order valence-corrected chi connectivity index (χ1v) is 7.59. The molecule has 1 aliphatic carbocycles. The summed E-state index contributed by atoms with van der Waals surface area (Å²) in [7, 11) is 1.71. The van der Waals surface area contributed by atoms with Gasteiger partial charge >= 0.3 is 0 Å². The second kappa shape index (κ2) is 8.22. The van der Waals surface area contributed by atoms with E-state index >= 15 is 0 Å². The molecule has 0 aromatic carbocycles. The van der Waals surface area contributed by atoms with Gasteiger partial charge < -0.3 is 14.8 Å². The van der Waals surface area contributed by atoms with Gasteiger partial charge in [0.05, 0.1) is 24.6 Å². The highest BCUT2D eigenvalue weighted by atomic mass is 16.5. The molecule has 0 bridgehead atoms. The van der Waals surface area contributed by atoms with Gasteiger partial charge in [0.15, 0.2) is 0 Å². The van der Waals surface area contributed by atoms with E-state index in [2.05, 4.69) is 17.2 Å². The number of pyridine rings is 1. The Morgan fingerprint density at radius 2 is 2.25 bits per heavy atom. The van der Waals surface area contributed by atoms with Gasteiger partial charge in [0.2, 0.25) is 0 Å². The van der Waals surface area contributed by atoms with Crippen LogP contribution in [0, 0.1) is 5.92 Å². The summed E-state index contributed by atoms with van der Waals surface area (Å²) in [5.74, 6) is 1.68. The zero-order valence-corrected chi connectivity index (χ0v) is 12.6. The Kier molecular flexibility index (Phi) is 6.27. The number of hydrogen-bond acceptors (Lipinski definition) is 4. The molecule has 0 saturated heterocycles. The molecule has 1 saturated carbocycles. The minimum Gasteiger partial charge on any atom is -0.489 e. The number of ether oxygens (including phenoxy) is 2. The van der Waals surface area contributed by atoms with Crippen molar-refractivity contribution in [3.63, 3.8) is 0 Å². The van der Waals surface area contributed by atoms with Crippen molar-refractivity contribution in [3.05, 3.63) is 24.0 Å². The van der Waals surface area contributed by atoms with Crippen LogP contribution in [-0.2, 0) is 11.3 Å². The molecule has 4 nitrogen and oxygen atoms in total. The number of rotatable bonds is 7. The van der Waals surface area contributed by atoms with Crippen molar-refractivity contribution in [2.75, 3.05) is 20.3 Å². The van der Waals surface area contributed by atoms with Crippen molar-refractivity contribution in [2.24, 2.45) is 5.92 Å². The van der Waals surface area contributed by atoms with Crippen LogP contribution in [0.25, 0.3) is 0 Å². The van der Waals surface area contributed by atoms with E-state index in [0.717, 1.165) is 37.1 Å². The highest BCUT2D eigenvalue weighted by molar-refractivity contribution is 5.20. The predicted octanol–water partition coefficient (Wildman–Crippen LogP) is 2.78. The molecular formula is C16H26N2O2. The maximum Gasteiger partial charge on any atom is 0.138 e. The lowest BCUT2D eigenvalue weighted by Crippen LogP contribution is -2.24. The smallest absolute Gasteiger partial charge is 0.138 e. The fraction of sp³-hybridized carbons (Fsp3) is 0.688. The van der Waals surface area contributed by atoms with E-state index in [-0.39, 0.29) is 0 Å². The summed E-state index contributed by atoms with van der Waals surface area (Å²) in [6.45, 7) is 4.64. The maximum atomic E-state index is 6.02. The Hall–Kier alpha value is -1.13. The van der Waals surface area contributed by atoms with Crippen molar-refractivity contribution in [2.45, 2.75) is 45.3 Å². The number of aromatic nitrogens is 1. The van der Waals surface area contributed by atoms with Crippen molar-refractivity contribution < 1.29 is 9.47 Å². The van der Waals surface area contributed by atoms with E-state index < -0.39 is 0 Å². The van der Waals surface area contributed by atoms with Crippen LogP contribution in [0.2, 0.25) is 0 Å². The van der Waals surface area contributed by atoms with Crippen LogP contribution < -0.4 is 10.1 Å². The molecule has 1 aliphatic rings. The van der Waals surface area contributed by atoms with Crippen LogP contribution in [0.5, 0.6) is 5.75 Å². The van der Waals surface area contributed by atoms with Crippen LogP contribution in [-0.4, -0.2) is 31.3 Å². The quantitative estimate of drug-likeness (QED) is 0.779. The predicted molar refractivity (Wildman–Crippen MR) is 79.9 cm³/mol. The highest BCUT2D eigenvalue weighted by Gasteiger charge is 2.20. The van der Waals surface area contributed by atoms with E-state index in [0.29, 0.717) is 6.10 Å². The first-order chi connectivity index (χ1) is 9.78. The number of nitrogens with one attached hydrogen (secondary N) is 1. The molecule has 1 N–H and O–H groups in total. The van der Waals surface area contributed by atoms with Crippen LogP contribution in [0.3, 0.4) is 0 Å². The zero-order chi connectivity index (χ0) is 14.2. The van der Waals surface area contributed by atoms with E-state index in [1.54, 1.807) is 7.11 Å². The normalized spacial score (nSPS) is 22.7. The van der Waals surface area contributed by atoms with Gasteiger partial charge in [-0.2, -0.15) is 0 Å². The molecule has 1 heterocycles. The monoisotopic (exact) mass is 278 g/mol. The number of methoxy groups -OCH3 is 1. The van der Waals surface area contributed by atoms with Crippen LogP contribution >= 0.6 is 0 Å². The molecule has 0 radical (unpaired) electrons. The Bertz CT molecular complexity index is 381. The second-order valence-corrected chi connectivity index (χ2v) is 5.67. The molecule has 2 atom stereocenters. The average Bonchev–Trinajstić information content (AvgIpc) is 2.45. The SMILES string of the molecule is COCCNCc1ccc(OC2CCCC(C)C2)cn1. The van der Waals surface area contributed by atoms with Gasteiger partial charge in [-0.05, 0) is 37.3 Å². The third kappa shape index (κ3) is 5.10. The van der Waals surface area contributed by atoms with Crippen LogP contribution in [0.1, 0.15) is 38.3 Å². The lowest BCUT2D eigenvalue weighted by Gasteiger charge is -2.27. The van der Waals surface area contributed by atoms with Gasteiger partial charge in [-0.1, -0.05) is 13.3 Å². The number of hydrogen-bond donors (Lipinski definition) is 1. The third-order valence-electron chi connectivity index (χ3n) is 3.78. The first kappa shape index (κ1) is 15.3. The fourth-order valence-electron chi connectivity index (χ4n) is 2.65. The lowest BCUT2D eigenvalue weighted by molar-refractivity contribution is 0.128. The second-order valence-electron chi connectivity index (χ2n) is 5.67. The summed E-state index contributed by atoms with van der Waals surface area (Å²) in [4.78, 5) is 4.43. The minimum atomic E-state index is 0.367. The molecule has 112 valence electrons. The fourth-order valence-corrected chi connectivity index (χ4v) is 2.65. The first-order valence-electron chi connectivity index (χ1n) is 7.59. The lowest BCUT2D eigenvalue weighted by atomic mass is 9.89. The highest BCUT2D eigenvalue weighted by Crippen LogP contribution is 2.27. The summed E-state index contributed by atoms with van der Waals surface area (Å²) in [5, 5.41) is 3.28. The molecule has 2 unspecified atom stereocenters. The molecule has 0 aliphatic heterocycles. The van der Waals surface area contributed by atoms with E-state index in [1.807, 2.05) is 18.3 Å². The summed E-state index contributed by atoms with van der Waals surface area (Å²) in [5.41, 5.74) is 1.03. The molecule has 1 fully saturated rings. The summed E-state index contributed by atoms with van der Waals surface area (Å²) in [6.07, 6.45) is 7.16. The molecule has 4 heteroatoms. The molecule has 1 aromatic rings. The minimum absolute atomic E-state index is 0.367. The summed E-state index contributed by atoms with van der Waals surface area (Å²) < 4.78 is 11.0. The molecule has 0 spiro atoms. The van der Waals surface area contributed by atoms with Crippen molar-refractivity contribution >= 4 is 0 Å². The van der Waals surface area contributed by atoms with Crippen molar-refractivity contribution in [3.8, 4) is 5.75 Å². The van der Waals surface area contributed by atoms with Gasteiger partial charge in [0, 0.05) is 20.2 Å². The molecule has 2 rings (SSSR count). The van der Waals surface area contributed by atoms with Crippen LogP contribution in [0.4, 0.5) is 0 Å². The van der Waals surface area contributed by atoms with E-state index in [1.165, 1.54) is 25.7 Å². The van der Waals surface area contributed by atoms with E-state index in [4.69, 9.17) is 9.47 Å². The summed E-state index contributed by atoms with van der Waals surface area (Å²) >= 11 is 0. The Morgan fingerprint density at radius 3 is 2.95 bits per heavy atom. The van der Waals surface area contributed by atoms with Gasteiger partial charge in [0.25, 0.3) is 0 Å². The number of nitrogens with zero attached hydrogens (tertiary/aromatic N) is 1. The standard InChI is InChI=1S/C16H26N2O2/c1-13-4-3-5-15(10-13)20-16-7-6-14(18-12-16)11-17-8-9-19-2/h6-7,12-13,15,17H,3-5,8-11H2,1-2H3. The topological polar surface area (TPSA) is 43.4 Å². The largest absolute Gasteiger partial charge is 0.489 e. The molecule has 20 heavy (non-hydrogen) atoms. The Balaban J connectivity index is 1.76. The van der Waals surface area contributed by atoms with Gasteiger partial charge in [-0.3, -0.25) is 4.98 Å². The van der Waals surface area contributed by atoms with E-state index in [9.17, 15) is 0 Å². The van der Waals surface area contributed by atoms with Crippen LogP contribution in [0.15, 0.2) is 18.3 Å². The zero-order valence-electron chi connectivity index (χ0n) is 12.6. The van der Waals surface area contributed by atoms with Crippen molar-refractivity contribution in [1.82, 2.24) is 10.3 Å². The molecule has 0 amide bonds. The summed E-state index contributed by atoms with van der Waals surface area (Å²) in [6, 6.07) is 4.06. The molecule has 1 aromatic heterocycles. The Morgan fingerprint density at radius 1 is 1.35 bits per heavy atom.